The maximum absolute atomic E-state index is 13.7. The highest BCUT2D eigenvalue weighted by Gasteiger charge is 2.12. The number of aromatic nitrogens is 1. The molecule has 2 aromatic rings. The molecule has 2 rings (SSSR count). The fourth-order valence-corrected chi connectivity index (χ4v) is 1.84. The lowest BCUT2D eigenvalue weighted by Crippen LogP contribution is -2.06. The molecule has 0 saturated heterocycles. The van der Waals surface area contributed by atoms with Gasteiger partial charge >= 0.3 is 5.97 Å². The monoisotopic (exact) mass is 289 g/mol. The van der Waals surface area contributed by atoms with E-state index < -0.39 is 11.8 Å². The van der Waals surface area contributed by atoms with Gasteiger partial charge in [-0.2, -0.15) is 0 Å². The molecule has 110 valence electrons. The average molecular weight is 289 g/mol. The summed E-state index contributed by atoms with van der Waals surface area (Å²) >= 11 is 0. The fraction of sp³-hybridized carbons (Fsp3) is 0.250. The number of esters is 1. The maximum atomic E-state index is 13.7. The number of pyridine rings is 1. The molecule has 0 saturated carbocycles. The number of rotatable bonds is 6. The van der Waals surface area contributed by atoms with Crippen LogP contribution in [0.5, 0.6) is 0 Å². The first-order valence-corrected chi connectivity index (χ1v) is 6.55. The number of nitrogens with zero attached hydrogens (tertiary/aromatic N) is 1. The molecule has 0 aliphatic carbocycles. The van der Waals surface area contributed by atoms with Gasteiger partial charge in [0.2, 0.25) is 0 Å². The SMILES string of the molecule is COC(=O)c1ccc(COCCc2ccccn2)cc1F. The molecule has 1 aromatic heterocycles. The van der Waals surface area contributed by atoms with Crippen LogP contribution in [0.25, 0.3) is 0 Å². The molecule has 21 heavy (non-hydrogen) atoms. The van der Waals surface area contributed by atoms with E-state index in [1.807, 2.05) is 18.2 Å². The van der Waals surface area contributed by atoms with Crippen molar-refractivity contribution < 1.29 is 18.7 Å². The lowest BCUT2D eigenvalue weighted by atomic mass is 10.1. The normalized spacial score (nSPS) is 10.4. The number of benzene rings is 1. The predicted molar refractivity (Wildman–Crippen MR) is 75.3 cm³/mol. The summed E-state index contributed by atoms with van der Waals surface area (Å²) in [6.07, 6.45) is 2.43. The standard InChI is InChI=1S/C16H16FNO3/c1-20-16(19)14-6-5-12(10-15(14)17)11-21-9-7-13-4-2-3-8-18-13/h2-6,8,10H,7,9,11H2,1H3. The minimum Gasteiger partial charge on any atom is -0.465 e. The predicted octanol–water partition coefficient (Wildman–Crippen LogP) is 2.77. The smallest absolute Gasteiger partial charge is 0.340 e. The van der Waals surface area contributed by atoms with Gasteiger partial charge in [-0.3, -0.25) is 4.98 Å². The van der Waals surface area contributed by atoms with E-state index in [-0.39, 0.29) is 12.2 Å². The topological polar surface area (TPSA) is 48.4 Å². The highest BCUT2D eigenvalue weighted by molar-refractivity contribution is 5.89. The van der Waals surface area contributed by atoms with Crippen molar-refractivity contribution in [2.24, 2.45) is 0 Å². The Labute approximate surface area is 122 Å². The van der Waals surface area contributed by atoms with Crippen LogP contribution in [-0.2, 0) is 22.5 Å². The molecule has 0 amide bonds. The van der Waals surface area contributed by atoms with Crippen molar-refractivity contribution in [2.75, 3.05) is 13.7 Å². The Kier molecular flexibility index (Phi) is 5.40. The zero-order valence-electron chi connectivity index (χ0n) is 11.7. The summed E-state index contributed by atoms with van der Waals surface area (Å²) in [6.45, 7) is 0.780. The Hall–Kier alpha value is -2.27. The summed E-state index contributed by atoms with van der Waals surface area (Å²) in [7, 11) is 1.22. The molecule has 1 heterocycles. The lowest BCUT2D eigenvalue weighted by Gasteiger charge is -2.06. The van der Waals surface area contributed by atoms with Gasteiger partial charge in [0.05, 0.1) is 25.9 Å². The largest absolute Gasteiger partial charge is 0.465 e. The molecule has 5 heteroatoms. The Morgan fingerprint density at radius 1 is 1.29 bits per heavy atom. The highest BCUT2D eigenvalue weighted by atomic mass is 19.1. The number of halogens is 1. The summed E-state index contributed by atoms with van der Waals surface area (Å²) in [5.74, 6) is -1.29. The van der Waals surface area contributed by atoms with Gasteiger partial charge in [0.15, 0.2) is 0 Å². The second kappa shape index (κ2) is 7.50. The average Bonchev–Trinajstić information content (AvgIpc) is 2.52. The van der Waals surface area contributed by atoms with E-state index in [0.717, 1.165) is 5.69 Å². The van der Waals surface area contributed by atoms with Crippen molar-refractivity contribution in [2.45, 2.75) is 13.0 Å². The summed E-state index contributed by atoms with van der Waals surface area (Å²) in [5, 5.41) is 0. The van der Waals surface area contributed by atoms with Crippen LogP contribution >= 0.6 is 0 Å². The first-order chi connectivity index (χ1) is 10.2. The second-order valence-corrected chi connectivity index (χ2v) is 4.43. The van der Waals surface area contributed by atoms with E-state index in [9.17, 15) is 9.18 Å². The summed E-state index contributed by atoms with van der Waals surface area (Å²) < 4.78 is 23.7. The number of ether oxygens (including phenoxy) is 2. The third-order valence-corrected chi connectivity index (χ3v) is 2.94. The van der Waals surface area contributed by atoms with Crippen LogP contribution in [0.4, 0.5) is 4.39 Å². The number of carbonyl (C=O) groups is 1. The zero-order valence-corrected chi connectivity index (χ0v) is 11.7. The molecule has 0 spiro atoms. The van der Waals surface area contributed by atoms with E-state index in [1.165, 1.54) is 19.2 Å². The van der Waals surface area contributed by atoms with Crippen LogP contribution in [0.3, 0.4) is 0 Å². The molecule has 0 unspecified atom stereocenters. The highest BCUT2D eigenvalue weighted by Crippen LogP contribution is 2.12. The minimum atomic E-state index is -0.685. The zero-order chi connectivity index (χ0) is 15.1. The molecule has 0 radical (unpaired) electrons. The van der Waals surface area contributed by atoms with Crippen LogP contribution in [-0.4, -0.2) is 24.7 Å². The van der Waals surface area contributed by atoms with Crippen molar-refractivity contribution >= 4 is 5.97 Å². The molecule has 4 nitrogen and oxygen atoms in total. The van der Waals surface area contributed by atoms with Crippen LogP contribution in [0.15, 0.2) is 42.6 Å². The van der Waals surface area contributed by atoms with Crippen molar-refractivity contribution in [3.05, 3.63) is 65.2 Å². The van der Waals surface area contributed by atoms with Gasteiger partial charge in [-0.25, -0.2) is 9.18 Å². The van der Waals surface area contributed by atoms with Crippen LogP contribution in [0.2, 0.25) is 0 Å². The number of hydrogen-bond donors (Lipinski definition) is 0. The van der Waals surface area contributed by atoms with Crippen LogP contribution in [0, 0.1) is 5.82 Å². The Bertz CT molecular complexity index is 602. The molecule has 0 fully saturated rings. The van der Waals surface area contributed by atoms with E-state index >= 15 is 0 Å². The minimum absolute atomic E-state index is 0.0743. The van der Waals surface area contributed by atoms with Gasteiger partial charge in [0, 0.05) is 18.3 Å². The van der Waals surface area contributed by atoms with Crippen molar-refractivity contribution in [1.29, 1.82) is 0 Å². The van der Waals surface area contributed by atoms with Gasteiger partial charge < -0.3 is 9.47 Å². The summed E-state index contributed by atoms with van der Waals surface area (Å²) in [4.78, 5) is 15.4. The lowest BCUT2D eigenvalue weighted by molar-refractivity contribution is 0.0595. The first-order valence-electron chi connectivity index (χ1n) is 6.55. The second-order valence-electron chi connectivity index (χ2n) is 4.43. The molecular weight excluding hydrogens is 273 g/mol. The van der Waals surface area contributed by atoms with Gasteiger partial charge in [-0.1, -0.05) is 12.1 Å². The summed E-state index contributed by atoms with van der Waals surface area (Å²) in [5.41, 5.74) is 1.54. The number of carbonyl (C=O) groups excluding carboxylic acids is 1. The number of methoxy groups -OCH3 is 1. The quantitative estimate of drug-likeness (QED) is 0.606. The molecule has 0 atom stereocenters. The third kappa shape index (κ3) is 4.36. The Balaban J connectivity index is 1.84. The molecule has 1 aromatic carbocycles. The number of hydrogen-bond acceptors (Lipinski definition) is 4. The van der Waals surface area contributed by atoms with Crippen molar-refractivity contribution in [3.8, 4) is 0 Å². The molecule has 0 aliphatic rings. The first kappa shape index (κ1) is 15.1. The van der Waals surface area contributed by atoms with Gasteiger partial charge in [-0.15, -0.1) is 0 Å². The maximum Gasteiger partial charge on any atom is 0.340 e. The molecule has 0 N–H and O–H groups in total. The van der Waals surface area contributed by atoms with Crippen molar-refractivity contribution in [3.63, 3.8) is 0 Å². The molecule has 0 bridgehead atoms. The van der Waals surface area contributed by atoms with Gasteiger partial charge in [0.25, 0.3) is 0 Å². The van der Waals surface area contributed by atoms with Crippen LogP contribution < -0.4 is 0 Å². The summed E-state index contributed by atoms with van der Waals surface area (Å²) in [6, 6.07) is 10.0. The van der Waals surface area contributed by atoms with E-state index in [1.54, 1.807) is 12.3 Å². The van der Waals surface area contributed by atoms with E-state index in [0.29, 0.717) is 18.6 Å². The van der Waals surface area contributed by atoms with E-state index in [4.69, 9.17) is 4.74 Å². The third-order valence-electron chi connectivity index (χ3n) is 2.94. The van der Waals surface area contributed by atoms with Gasteiger partial charge in [0.1, 0.15) is 5.82 Å². The Morgan fingerprint density at radius 3 is 2.81 bits per heavy atom. The van der Waals surface area contributed by atoms with E-state index in [2.05, 4.69) is 9.72 Å². The van der Waals surface area contributed by atoms with Gasteiger partial charge in [-0.05, 0) is 29.8 Å². The van der Waals surface area contributed by atoms with Crippen LogP contribution in [0.1, 0.15) is 21.6 Å². The van der Waals surface area contributed by atoms with Crippen molar-refractivity contribution in [1.82, 2.24) is 4.98 Å². The molecular formula is C16H16FNO3. The molecule has 0 aliphatic heterocycles. The Morgan fingerprint density at radius 2 is 2.14 bits per heavy atom. The fourth-order valence-electron chi connectivity index (χ4n) is 1.84.